The number of amides is 1. The van der Waals surface area contributed by atoms with E-state index in [-0.39, 0.29) is 11.3 Å². The molecule has 19 heavy (non-hydrogen) atoms. The number of nitrogens with one attached hydrogen (secondary N) is 1. The molecule has 1 amide bonds. The molecule has 0 aromatic rings. The van der Waals surface area contributed by atoms with Crippen molar-refractivity contribution >= 4 is 5.91 Å². The lowest BCUT2D eigenvalue weighted by atomic mass is 9.84. The summed E-state index contributed by atoms with van der Waals surface area (Å²) in [5.41, 5.74) is 5.74. The molecule has 3 N–H and O–H groups in total. The predicted octanol–water partition coefficient (Wildman–Crippen LogP) is 2.07. The fourth-order valence-electron chi connectivity index (χ4n) is 2.68. The largest absolute Gasteiger partial charge is 0.378 e. The smallest absolute Gasteiger partial charge is 0.220 e. The Hall–Kier alpha value is -0.610. The van der Waals surface area contributed by atoms with E-state index in [1.165, 1.54) is 0 Å². The van der Waals surface area contributed by atoms with Crippen LogP contribution in [-0.2, 0) is 9.53 Å². The third-order valence-corrected chi connectivity index (χ3v) is 4.16. The molecule has 4 heteroatoms. The molecule has 0 aliphatic carbocycles. The molecule has 0 spiro atoms. The van der Waals surface area contributed by atoms with E-state index in [0.29, 0.717) is 25.0 Å². The monoisotopic (exact) mass is 270 g/mol. The molecular formula is C15H30N2O2. The van der Waals surface area contributed by atoms with Crippen molar-refractivity contribution in [2.45, 2.75) is 59.0 Å². The van der Waals surface area contributed by atoms with E-state index in [1.54, 1.807) is 0 Å². The fourth-order valence-corrected chi connectivity index (χ4v) is 2.68. The standard InChI is InChI=1S/C15H30N2O2/c1-4-13-12(6-10-19-13)11-17-14(18)5-7-15(2,3)8-9-16/h12-13H,4-11,16H2,1-3H3,(H,17,18). The van der Waals surface area contributed by atoms with Crippen LogP contribution in [0.25, 0.3) is 0 Å². The molecule has 0 radical (unpaired) electrons. The van der Waals surface area contributed by atoms with Crippen LogP contribution in [0.4, 0.5) is 0 Å². The van der Waals surface area contributed by atoms with Crippen LogP contribution in [0.5, 0.6) is 0 Å². The third kappa shape index (κ3) is 5.91. The second kappa shape index (κ2) is 7.85. The van der Waals surface area contributed by atoms with Gasteiger partial charge in [0.25, 0.3) is 0 Å². The number of nitrogens with two attached hydrogens (primary N) is 1. The third-order valence-electron chi connectivity index (χ3n) is 4.16. The summed E-state index contributed by atoms with van der Waals surface area (Å²) in [4.78, 5) is 11.9. The Balaban J connectivity index is 2.21. The Morgan fingerprint density at radius 3 is 2.79 bits per heavy atom. The van der Waals surface area contributed by atoms with Crippen LogP contribution < -0.4 is 11.1 Å². The lowest BCUT2D eigenvalue weighted by Crippen LogP contribution is -2.33. The van der Waals surface area contributed by atoms with Crippen molar-refractivity contribution in [1.82, 2.24) is 5.32 Å². The summed E-state index contributed by atoms with van der Waals surface area (Å²) in [7, 11) is 0. The first kappa shape index (κ1) is 16.4. The lowest BCUT2D eigenvalue weighted by Gasteiger charge is -2.23. The Bertz CT molecular complexity index is 279. The van der Waals surface area contributed by atoms with Crippen LogP contribution in [-0.4, -0.2) is 31.7 Å². The van der Waals surface area contributed by atoms with Crippen molar-refractivity contribution < 1.29 is 9.53 Å². The van der Waals surface area contributed by atoms with Crippen LogP contribution in [0.3, 0.4) is 0 Å². The summed E-state index contributed by atoms with van der Waals surface area (Å²) in [6, 6.07) is 0. The molecule has 0 aromatic heterocycles. The summed E-state index contributed by atoms with van der Waals surface area (Å²) >= 11 is 0. The van der Waals surface area contributed by atoms with Gasteiger partial charge in [-0.25, -0.2) is 0 Å². The molecule has 1 fully saturated rings. The van der Waals surface area contributed by atoms with Gasteiger partial charge in [-0.1, -0.05) is 20.8 Å². The minimum absolute atomic E-state index is 0.159. The van der Waals surface area contributed by atoms with E-state index in [1.807, 2.05) is 0 Å². The SMILES string of the molecule is CCC1OCCC1CNC(=O)CCC(C)(C)CCN. The number of rotatable bonds is 8. The fraction of sp³-hybridized carbons (Fsp3) is 0.933. The highest BCUT2D eigenvalue weighted by molar-refractivity contribution is 5.75. The van der Waals surface area contributed by atoms with Gasteiger partial charge in [0, 0.05) is 25.5 Å². The highest BCUT2D eigenvalue weighted by Crippen LogP contribution is 2.26. The van der Waals surface area contributed by atoms with E-state index in [0.717, 1.165) is 38.8 Å². The maximum absolute atomic E-state index is 11.9. The Morgan fingerprint density at radius 2 is 2.16 bits per heavy atom. The van der Waals surface area contributed by atoms with Crippen LogP contribution in [0.15, 0.2) is 0 Å². The van der Waals surface area contributed by atoms with Gasteiger partial charge in [0.1, 0.15) is 0 Å². The Labute approximate surface area is 117 Å². The van der Waals surface area contributed by atoms with E-state index >= 15 is 0 Å². The zero-order chi connectivity index (χ0) is 14.3. The topological polar surface area (TPSA) is 64.3 Å². The molecule has 2 atom stereocenters. The van der Waals surface area contributed by atoms with Gasteiger partial charge in [-0.2, -0.15) is 0 Å². The van der Waals surface area contributed by atoms with Gasteiger partial charge in [0.05, 0.1) is 6.10 Å². The maximum Gasteiger partial charge on any atom is 0.220 e. The first-order valence-electron chi connectivity index (χ1n) is 7.57. The normalized spacial score (nSPS) is 23.6. The number of carbonyl (C=O) groups excluding carboxylic acids is 1. The average molecular weight is 270 g/mol. The predicted molar refractivity (Wildman–Crippen MR) is 77.8 cm³/mol. The molecule has 1 aliphatic rings. The van der Waals surface area contributed by atoms with Crippen molar-refractivity contribution in [2.24, 2.45) is 17.1 Å². The zero-order valence-electron chi connectivity index (χ0n) is 12.7. The highest BCUT2D eigenvalue weighted by atomic mass is 16.5. The van der Waals surface area contributed by atoms with Gasteiger partial charge >= 0.3 is 0 Å². The van der Waals surface area contributed by atoms with Crippen molar-refractivity contribution in [1.29, 1.82) is 0 Å². The highest BCUT2D eigenvalue weighted by Gasteiger charge is 2.27. The first-order valence-corrected chi connectivity index (χ1v) is 7.57. The van der Waals surface area contributed by atoms with Crippen LogP contribution in [0.1, 0.15) is 52.9 Å². The molecule has 4 nitrogen and oxygen atoms in total. The van der Waals surface area contributed by atoms with Crippen molar-refractivity contribution in [3.63, 3.8) is 0 Å². The van der Waals surface area contributed by atoms with Crippen LogP contribution in [0.2, 0.25) is 0 Å². The molecule has 1 saturated heterocycles. The van der Waals surface area contributed by atoms with Gasteiger partial charge < -0.3 is 15.8 Å². The van der Waals surface area contributed by atoms with Gasteiger partial charge in [0.2, 0.25) is 5.91 Å². The summed E-state index contributed by atoms with van der Waals surface area (Å²) in [5.74, 6) is 0.651. The van der Waals surface area contributed by atoms with Gasteiger partial charge in [-0.15, -0.1) is 0 Å². The van der Waals surface area contributed by atoms with Gasteiger partial charge in [0.15, 0.2) is 0 Å². The maximum atomic E-state index is 11.9. The van der Waals surface area contributed by atoms with Crippen molar-refractivity contribution in [3.05, 3.63) is 0 Å². The van der Waals surface area contributed by atoms with Gasteiger partial charge in [-0.3, -0.25) is 4.79 Å². The second-order valence-electron chi connectivity index (χ2n) is 6.37. The lowest BCUT2D eigenvalue weighted by molar-refractivity contribution is -0.121. The molecule has 1 aliphatic heterocycles. The molecule has 1 heterocycles. The number of ether oxygens (including phenoxy) is 1. The summed E-state index contributed by atoms with van der Waals surface area (Å²) in [6.45, 7) is 8.76. The first-order chi connectivity index (χ1) is 8.98. The number of hydrogen-bond donors (Lipinski definition) is 2. The van der Waals surface area contributed by atoms with Crippen LogP contribution >= 0.6 is 0 Å². The number of carbonyl (C=O) groups is 1. The molecule has 0 saturated carbocycles. The molecule has 2 unspecified atom stereocenters. The molecule has 112 valence electrons. The van der Waals surface area contributed by atoms with E-state index < -0.39 is 0 Å². The zero-order valence-corrected chi connectivity index (χ0v) is 12.7. The molecule has 0 aromatic carbocycles. The summed E-state index contributed by atoms with van der Waals surface area (Å²) in [6.07, 6.45) is 4.89. The van der Waals surface area contributed by atoms with Crippen LogP contribution in [0, 0.1) is 11.3 Å². The Kier molecular flexibility index (Phi) is 6.80. The van der Waals surface area contributed by atoms with Crippen molar-refractivity contribution in [2.75, 3.05) is 19.7 Å². The summed E-state index contributed by atoms with van der Waals surface area (Å²) in [5, 5.41) is 3.05. The quantitative estimate of drug-likeness (QED) is 0.709. The van der Waals surface area contributed by atoms with E-state index in [2.05, 4.69) is 26.1 Å². The van der Waals surface area contributed by atoms with Gasteiger partial charge in [-0.05, 0) is 37.6 Å². The Morgan fingerprint density at radius 1 is 1.42 bits per heavy atom. The second-order valence-corrected chi connectivity index (χ2v) is 6.37. The minimum Gasteiger partial charge on any atom is -0.378 e. The molecular weight excluding hydrogens is 240 g/mol. The minimum atomic E-state index is 0.159. The van der Waals surface area contributed by atoms with E-state index in [9.17, 15) is 4.79 Å². The molecule has 0 bridgehead atoms. The summed E-state index contributed by atoms with van der Waals surface area (Å²) < 4.78 is 5.63. The number of hydrogen-bond acceptors (Lipinski definition) is 3. The van der Waals surface area contributed by atoms with E-state index in [4.69, 9.17) is 10.5 Å². The van der Waals surface area contributed by atoms with Crippen molar-refractivity contribution in [3.8, 4) is 0 Å². The molecule has 1 rings (SSSR count). The average Bonchev–Trinajstić information content (AvgIpc) is 2.81.